The van der Waals surface area contributed by atoms with Gasteiger partial charge in [0.2, 0.25) is 5.95 Å². The van der Waals surface area contributed by atoms with Crippen molar-refractivity contribution in [2.24, 2.45) is 0 Å². The highest BCUT2D eigenvalue weighted by Gasteiger charge is 2.04. The molecule has 1 heterocycles. The minimum absolute atomic E-state index is 0.0304. The fourth-order valence-electron chi connectivity index (χ4n) is 1.36. The lowest BCUT2D eigenvalue weighted by Gasteiger charge is -2.08. The normalized spacial score (nSPS) is 10.1. The van der Waals surface area contributed by atoms with Gasteiger partial charge in [-0.05, 0) is 12.1 Å². The third kappa shape index (κ3) is 3.31. The predicted molar refractivity (Wildman–Crippen MR) is 66.8 cm³/mol. The van der Waals surface area contributed by atoms with E-state index in [1.54, 1.807) is 0 Å². The molecule has 0 saturated heterocycles. The highest BCUT2D eigenvalue weighted by atomic mass is 19.1. The maximum Gasteiger partial charge on any atom is 0.222 e. The Hall–Kier alpha value is -2.37. The van der Waals surface area contributed by atoms with Crippen molar-refractivity contribution in [3.05, 3.63) is 42.3 Å². The van der Waals surface area contributed by atoms with E-state index in [9.17, 15) is 4.39 Å². The standard InChI is InChI=1S/C12H13FN4O/c13-10-8-16-12(14)17-11(10)15-6-7-18-9-4-2-1-3-5-9/h1-5,8H,6-7H2,(H3,14,15,16,17). The van der Waals surface area contributed by atoms with Crippen molar-refractivity contribution in [2.45, 2.75) is 0 Å². The zero-order valence-corrected chi connectivity index (χ0v) is 9.64. The molecule has 0 bridgehead atoms. The second-order valence-corrected chi connectivity index (χ2v) is 3.51. The molecular weight excluding hydrogens is 235 g/mol. The Kier molecular flexibility index (Phi) is 3.90. The van der Waals surface area contributed by atoms with Gasteiger partial charge in [0, 0.05) is 0 Å². The first kappa shape index (κ1) is 12.1. The minimum atomic E-state index is -0.538. The number of aromatic nitrogens is 2. The number of nitrogens with zero attached hydrogens (tertiary/aromatic N) is 2. The van der Waals surface area contributed by atoms with Gasteiger partial charge >= 0.3 is 0 Å². The Morgan fingerprint density at radius 3 is 2.83 bits per heavy atom. The van der Waals surface area contributed by atoms with Crippen LogP contribution in [0.1, 0.15) is 0 Å². The van der Waals surface area contributed by atoms with Crippen molar-refractivity contribution < 1.29 is 9.13 Å². The van der Waals surface area contributed by atoms with Gasteiger partial charge < -0.3 is 15.8 Å². The molecule has 1 aromatic carbocycles. The van der Waals surface area contributed by atoms with Crippen LogP contribution in [0.2, 0.25) is 0 Å². The van der Waals surface area contributed by atoms with E-state index < -0.39 is 5.82 Å². The van der Waals surface area contributed by atoms with Crippen molar-refractivity contribution >= 4 is 11.8 Å². The first-order chi connectivity index (χ1) is 8.75. The van der Waals surface area contributed by atoms with Gasteiger partial charge in [-0.3, -0.25) is 0 Å². The van der Waals surface area contributed by atoms with Crippen LogP contribution in [0.3, 0.4) is 0 Å². The van der Waals surface area contributed by atoms with Crippen LogP contribution in [0.15, 0.2) is 36.5 Å². The second kappa shape index (κ2) is 5.81. The van der Waals surface area contributed by atoms with Gasteiger partial charge in [0.05, 0.1) is 12.7 Å². The first-order valence-electron chi connectivity index (χ1n) is 5.45. The summed E-state index contributed by atoms with van der Waals surface area (Å²) in [6.07, 6.45) is 1.03. The fourth-order valence-corrected chi connectivity index (χ4v) is 1.36. The maximum atomic E-state index is 13.2. The number of hydrogen-bond donors (Lipinski definition) is 2. The van der Waals surface area contributed by atoms with Crippen molar-refractivity contribution in [2.75, 3.05) is 24.2 Å². The molecule has 94 valence electrons. The summed E-state index contributed by atoms with van der Waals surface area (Å²) in [7, 11) is 0. The van der Waals surface area contributed by atoms with Gasteiger partial charge in [-0.1, -0.05) is 18.2 Å². The number of anilines is 2. The molecule has 6 heteroatoms. The number of hydrogen-bond acceptors (Lipinski definition) is 5. The van der Waals surface area contributed by atoms with Gasteiger partial charge in [-0.25, -0.2) is 9.37 Å². The molecule has 1 aromatic heterocycles. The fraction of sp³-hybridized carbons (Fsp3) is 0.167. The second-order valence-electron chi connectivity index (χ2n) is 3.51. The zero-order chi connectivity index (χ0) is 12.8. The molecule has 0 unspecified atom stereocenters. The molecular formula is C12H13FN4O. The van der Waals surface area contributed by atoms with Gasteiger partial charge in [0.1, 0.15) is 12.4 Å². The topological polar surface area (TPSA) is 73.1 Å². The van der Waals surface area contributed by atoms with Crippen molar-refractivity contribution in [1.29, 1.82) is 0 Å². The number of ether oxygens (including phenoxy) is 1. The molecule has 0 aliphatic rings. The summed E-state index contributed by atoms with van der Waals surface area (Å²) < 4.78 is 18.7. The van der Waals surface area contributed by atoms with Gasteiger partial charge in [-0.2, -0.15) is 4.98 Å². The number of para-hydroxylation sites is 1. The summed E-state index contributed by atoms with van der Waals surface area (Å²) >= 11 is 0. The molecule has 2 aromatic rings. The first-order valence-corrected chi connectivity index (χ1v) is 5.45. The van der Waals surface area contributed by atoms with Crippen LogP contribution < -0.4 is 15.8 Å². The van der Waals surface area contributed by atoms with Gasteiger partial charge in [0.15, 0.2) is 11.6 Å². The van der Waals surface area contributed by atoms with E-state index in [2.05, 4.69) is 15.3 Å². The molecule has 0 spiro atoms. The van der Waals surface area contributed by atoms with Crippen LogP contribution in [0.25, 0.3) is 0 Å². The molecule has 0 aliphatic carbocycles. The molecule has 0 amide bonds. The van der Waals surface area contributed by atoms with Crippen LogP contribution >= 0.6 is 0 Å². The molecule has 18 heavy (non-hydrogen) atoms. The smallest absolute Gasteiger partial charge is 0.222 e. The lowest BCUT2D eigenvalue weighted by Crippen LogP contribution is -2.14. The summed E-state index contributed by atoms with van der Waals surface area (Å²) in [6, 6.07) is 9.37. The number of nitrogens with one attached hydrogen (secondary N) is 1. The number of nitrogens with two attached hydrogens (primary N) is 1. The van der Waals surface area contributed by atoms with Crippen LogP contribution in [0, 0.1) is 5.82 Å². The molecule has 0 aliphatic heterocycles. The maximum absolute atomic E-state index is 13.2. The highest BCUT2D eigenvalue weighted by Crippen LogP contribution is 2.10. The van der Waals surface area contributed by atoms with Crippen LogP contribution in [-0.4, -0.2) is 23.1 Å². The molecule has 5 nitrogen and oxygen atoms in total. The van der Waals surface area contributed by atoms with E-state index in [4.69, 9.17) is 10.5 Å². The monoisotopic (exact) mass is 248 g/mol. The van der Waals surface area contributed by atoms with E-state index in [0.29, 0.717) is 13.2 Å². The predicted octanol–water partition coefficient (Wildman–Crippen LogP) is 1.69. The average molecular weight is 248 g/mol. The van der Waals surface area contributed by atoms with Gasteiger partial charge in [0.25, 0.3) is 0 Å². The number of halogens is 1. The summed E-state index contributed by atoms with van der Waals surface area (Å²) in [5.74, 6) is 0.341. The third-order valence-electron chi connectivity index (χ3n) is 2.17. The lowest BCUT2D eigenvalue weighted by atomic mass is 10.3. The van der Waals surface area contributed by atoms with E-state index in [1.165, 1.54) is 0 Å². The third-order valence-corrected chi connectivity index (χ3v) is 2.17. The van der Waals surface area contributed by atoms with E-state index in [-0.39, 0.29) is 11.8 Å². The molecule has 0 atom stereocenters. The Morgan fingerprint density at radius 2 is 2.06 bits per heavy atom. The number of nitrogen functional groups attached to an aromatic ring is 1. The van der Waals surface area contributed by atoms with Crippen LogP contribution in [-0.2, 0) is 0 Å². The average Bonchev–Trinajstić information content (AvgIpc) is 2.40. The molecule has 3 N–H and O–H groups in total. The molecule has 2 rings (SSSR count). The Bertz CT molecular complexity index is 507. The largest absolute Gasteiger partial charge is 0.492 e. The van der Waals surface area contributed by atoms with Crippen molar-refractivity contribution in [3.63, 3.8) is 0 Å². The van der Waals surface area contributed by atoms with Crippen molar-refractivity contribution in [3.8, 4) is 5.75 Å². The van der Waals surface area contributed by atoms with Crippen LogP contribution in [0.4, 0.5) is 16.2 Å². The molecule has 0 saturated carbocycles. The van der Waals surface area contributed by atoms with E-state index >= 15 is 0 Å². The Labute approximate surface area is 104 Å². The Balaban J connectivity index is 1.80. The van der Waals surface area contributed by atoms with E-state index in [0.717, 1.165) is 11.9 Å². The summed E-state index contributed by atoms with van der Waals surface area (Å²) in [5, 5.41) is 2.79. The summed E-state index contributed by atoms with van der Waals surface area (Å²) in [4.78, 5) is 7.28. The van der Waals surface area contributed by atoms with Crippen LogP contribution in [0.5, 0.6) is 5.75 Å². The zero-order valence-electron chi connectivity index (χ0n) is 9.64. The van der Waals surface area contributed by atoms with Crippen molar-refractivity contribution in [1.82, 2.24) is 9.97 Å². The molecule has 0 radical (unpaired) electrons. The molecule has 0 fully saturated rings. The summed E-state index contributed by atoms with van der Waals surface area (Å²) in [5.41, 5.74) is 5.36. The lowest BCUT2D eigenvalue weighted by molar-refractivity contribution is 0.332. The summed E-state index contributed by atoms with van der Waals surface area (Å²) in [6.45, 7) is 0.815. The number of benzene rings is 1. The van der Waals surface area contributed by atoms with Gasteiger partial charge in [-0.15, -0.1) is 0 Å². The van der Waals surface area contributed by atoms with E-state index in [1.807, 2.05) is 30.3 Å². The highest BCUT2D eigenvalue weighted by molar-refractivity contribution is 5.39. The SMILES string of the molecule is Nc1ncc(F)c(NCCOc2ccccc2)n1. The number of rotatable bonds is 5. The Morgan fingerprint density at radius 1 is 1.28 bits per heavy atom. The minimum Gasteiger partial charge on any atom is -0.492 e. The quantitative estimate of drug-likeness (QED) is 0.788.